The number of ether oxygens (including phenoxy) is 2. The molecule has 0 aliphatic rings. The van der Waals surface area contributed by atoms with Crippen LogP contribution in [-0.2, 0) is 33.4 Å². The molecule has 0 spiro atoms. The van der Waals surface area contributed by atoms with E-state index in [0.29, 0.717) is 29.7 Å². The Morgan fingerprint density at radius 3 is 1.63 bits per heavy atom. The smallest absolute Gasteiger partial charge is 0.332 e. The van der Waals surface area contributed by atoms with Crippen molar-refractivity contribution in [2.24, 2.45) is 5.92 Å². The number of unbranched alkanes of at least 4 members (excludes halogenated alkanes) is 1. The average Bonchev–Trinajstić information content (AvgIpc) is 2.84. The SMILES string of the molecule is C/C(=C\CCC(C)/C=C(\C)C(=O)O)C(=O)O.C=C(C)C(=O)O.C=C(C)C(=O)OC.C=CC(=O)OCCCC. The first kappa shape index (κ1) is 41.2. The van der Waals surface area contributed by atoms with Crippen LogP contribution in [0.1, 0.15) is 67.2 Å². The van der Waals surface area contributed by atoms with Crippen LogP contribution in [0, 0.1) is 5.92 Å². The molecule has 10 nitrogen and oxygen atoms in total. The highest BCUT2D eigenvalue weighted by Crippen LogP contribution is 2.11. The molecule has 0 saturated heterocycles. The highest BCUT2D eigenvalue weighted by atomic mass is 16.5. The van der Waals surface area contributed by atoms with Gasteiger partial charge in [-0.05, 0) is 52.9 Å². The first-order chi connectivity index (χ1) is 17.5. The molecule has 0 saturated carbocycles. The molecular weight excluding hydrogens is 496 g/mol. The maximum Gasteiger partial charge on any atom is 0.332 e. The minimum absolute atomic E-state index is 0.133. The van der Waals surface area contributed by atoms with Gasteiger partial charge in [0, 0.05) is 28.4 Å². The average molecular weight is 541 g/mol. The number of carbonyl (C=O) groups excluding carboxylic acids is 2. The van der Waals surface area contributed by atoms with E-state index in [2.05, 4.69) is 29.2 Å². The van der Waals surface area contributed by atoms with Crippen molar-refractivity contribution in [2.45, 2.75) is 67.2 Å². The molecule has 10 heteroatoms. The number of hydrogen-bond donors (Lipinski definition) is 3. The Kier molecular flexibility index (Phi) is 28.3. The molecule has 1 unspecified atom stereocenters. The summed E-state index contributed by atoms with van der Waals surface area (Å²) in [5, 5.41) is 25.2. The largest absolute Gasteiger partial charge is 0.478 e. The Morgan fingerprint density at radius 2 is 1.34 bits per heavy atom. The summed E-state index contributed by atoms with van der Waals surface area (Å²) in [5.41, 5.74) is 1.26. The van der Waals surface area contributed by atoms with E-state index in [-0.39, 0.29) is 23.4 Å². The minimum atomic E-state index is -0.935. The number of esters is 2. The molecule has 0 amide bonds. The summed E-state index contributed by atoms with van der Waals surface area (Å²) in [6, 6.07) is 0. The Hall–Kier alpha value is -3.95. The van der Waals surface area contributed by atoms with Crippen LogP contribution in [0.3, 0.4) is 0 Å². The van der Waals surface area contributed by atoms with Crippen LogP contribution in [0.2, 0.25) is 0 Å². The lowest BCUT2D eigenvalue weighted by molar-refractivity contribution is -0.138. The lowest BCUT2D eigenvalue weighted by Gasteiger charge is -2.04. The Bertz CT molecular complexity index is 851. The third-order valence-corrected chi connectivity index (χ3v) is 4.09. The maximum absolute atomic E-state index is 10.5. The molecule has 0 aromatic carbocycles. The number of methoxy groups -OCH3 is 1. The zero-order valence-corrected chi connectivity index (χ0v) is 23.7. The number of carboxylic acid groups (broad SMARTS) is 3. The van der Waals surface area contributed by atoms with E-state index in [1.807, 2.05) is 13.8 Å². The Balaban J connectivity index is -0.000000222. The van der Waals surface area contributed by atoms with Crippen LogP contribution in [0.5, 0.6) is 0 Å². The number of aliphatic carboxylic acids is 3. The van der Waals surface area contributed by atoms with Crippen LogP contribution >= 0.6 is 0 Å². The van der Waals surface area contributed by atoms with E-state index >= 15 is 0 Å². The fourth-order valence-corrected chi connectivity index (χ4v) is 1.78. The van der Waals surface area contributed by atoms with Gasteiger partial charge < -0.3 is 24.8 Å². The van der Waals surface area contributed by atoms with Crippen molar-refractivity contribution < 1.29 is 48.8 Å². The van der Waals surface area contributed by atoms with Crippen LogP contribution in [0.4, 0.5) is 0 Å². The molecule has 216 valence electrons. The molecule has 3 N–H and O–H groups in total. The number of hydrogen-bond acceptors (Lipinski definition) is 7. The second-order valence-electron chi connectivity index (χ2n) is 7.98. The predicted octanol–water partition coefficient (Wildman–Crippen LogP) is 5.36. The molecule has 38 heavy (non-hydrogen) atoms. The maximum atomic E-state index is 10.5. The predicted molar refractivity (Wildman–Crippen MR) is 147 cm³/mol. The number of carboxylic acids is 3. The van der Waals surface area contributed by atoms with Gasteiger partial charge in [0.15, 0.2) is 0 Å². The van der Waals surface area contributed by atoms with Crippen molar-refractivity contribution in [3.8, 4) is 0 Å². The number of allylic oxidation sites excluding steroid dienone is 2. The molecular formula is C28H44O10. The second kappa shape index (κ2) is 26.1. The van der Waals surface area contributed by atoms with Crippen molar-refractivity contribution in [1.82, 2.24) is 0 Å². The first-order valence-electron chi connectivity index (χ1n) is 11.7. The van der Waals surface area contributed by atoms with Gasteiger partial charge in [-0.15, -0.1) is 0 Å². The molecule has 0 heterocycles. The molecule has 0 rings (SSSR count). The molecule has 0 aliphatic carbocycles. The summed E-state index contributed by atoms with van der Waals surface area (Å²) in [5.74, 6) is -3.30. The summed E-state index contributed by atoms with van der Waals surface area (Å²) in [6.45, 7) is 20.4. The van der Waals surface area contributed by atoms with Crippen LogP contribution in [0.15, 0.2) is 60.3 Å². The number of carbonyl (C=O) groups is 5. The molecule has 0 bridgehead atoms. The van der Waals surface area contributed by atoms with Crippen molar-refractivity contribution in [2.75, 3.05) is 13.7 Å². The lowest BCUT2D eigenvalue weighted by Crippen LogP contribution is -2.00. The van der Waals surface area contributed by atoms with E-state index < -0.39 is 17.9 Å². The fraction of sp³-hybridized carbons (Fsp3) is 0.464. The third-order valence-electron chi connectivity index (χ3n) is 4.09. The van der Waals surface area contributed by atoms with Crippen LogP contribution < -0.4 is 0 Å². The molecule has 1 atom stereocenters. The topological polar surface area (TPSA) is 164 Å². The van der Waals surface area contributed by atoms with Gasteiger partial charge in [-0.3, -0.25) is 0 Å². The second-order valence-corrected chi connectivity index (χ2v) is 7.98. The molecule has 0 radical (unpaired) electrons. The zero-order chi connectivity index (χ0) is 30.8. The van der Waals surface area contributed by atoms with Gasteiger partial charge in [-0.2, -0.15) is 0 Å². The van der Waals surface area contributed by atoms with Crippen LogP contribution in [-0.4, -0.2) is 58.9 Å². The highest BCUT2D eigenvalue weighted by molar-refractivity contribution is 5.87. The van der Waals surface area contributed by atoms with Crippen molar-refractivity contribution in [1.29, 1.82) is 0 Å². The van der Waals surface area contributed by atoms with E-state index in [1.165, 1.54) is 20.1 Å². The highest BCUT2D eigenvalue weighted by Gasteiger charge is 2.04. The number of rotatable bonds is 12. The quantitative estimate of drug-likeness (QED) is 0.167. The summed E-state index contributed by atoms with van der Waals surface area (Å²) < 4.78 is 8.95. The van der Waals surface area contributed by atoms with Crippen molar-refractivity contribution >= 4 is 29.8 Å². The van der Waals surface area contributed by atoms with Gasteiger partial charge in [0.05, 0.1) is 13.7 Å². The Labute approximate surface area is 226 Å². The molecule has 0 aliphatic heterocycles. The van der Waals surface area contributed by atoms with Crippen molar-refractivity contribution in [3.05, 3.63) is 60.3 Å². The van der Waals surface area contributed by atoms with Crippen molar-refractivity contribution in [3.63, 3.8) is 0 Å². The molecule has 0 aromatic heterocycles. The zero-order valence-electron chi connectivity index (χ0n) is 23.7. The van der Waals surface area contributed by atoms with Gasteiger partial charge >= 0.3 is 29.8 Å². The van der Waals surface area contributed by atoms with E-state index in [4.69, 9.17) is 15.3 Å². The lowest BCUT2D eigenvalue weighted by atomic mass is 10.0. The normalized spacial score (nSPS) is 10.8. The van der Waals surface area contributed by atoms with E-state index in [1.54, 1.807) is 32.9 Å². The summed E-state index contributed by atoms with van der Waals surface area (Å²) in [4.78, 5) is 51.2. The summed E-state index contributed by atoms with van der Waals surface area (Å²) >= 11 is 0. The molecule has 0 aromatic rings. The van der Waals surface area contributed by atoms with Gasteiger partial charge in [0.2, 0.25) is 0 Å². The fourth-order valence-electron chi connectivity index (χ4n) is 1.78. The van der Waals surface area contributed by atoms with Gasteiger partial charge in [0.1, 0.15) is 0 Å². The Morgan fingerprint density at radius 1 is 0.868 bits per heavy atom. The third kappa shape index (κ3) is 32.0. The van der Waals surface area contributed by atoms with Crippen LogP contribution in [0.25, 0.3) is 0 Å². The standard InChI is InChI=1S/C12H18O4.C7H12O2.C5H8O2.C4H6O2/c1-8(7-10(3)12(15)16)5-4-6-9(2)11(13)14;1-3-5-6-9-7(8)4-2;1-4(2)5(6)7-3;1-3(2)4(5)6/h6-8H,4-5H2,1-3H3,(H,13,14)(H,15,16);4H,2-3,5-6H2,1H3;1H2,2-3H3;1H2,2H3,(H,5,6)/b9-6+,10-7+;;;. The van der Waals surface area contributed by atoms with Gasteiger partial charge in [0.25, 0.3) is 0 Å². The van der Waals surface area contributed by atoms with E-state index in [0.717, 1.165) is 19.3 Å². The van der Waals surface area contributed by atoms with E-state index in [9.17, 15) is 24.0 Å². The summed E-state index contributed by atoms with van der Waals surface area (Å²) in [7, 11) is 1.33. The summed E-state index contributed by atoms with van der Waals surface area (Å²) in [6.07, 6.45) is 7.88. The first-order valence-corrected chi connectivity index (χ1v) is 11.7. The minimum Gasteiger partial charge on any atom is -0.478 e. The van der Waals surface area contributed by atoms with Gasteiger partial charge in [-0.1, -0.05) is 52.2 Å². The van der Waals surface area contributed by atoms with Gasteiger partial charge in [-0.25, -0.2) is 24.0 Å². The monoisotopic (exact) mass is 540 g/mol. The molecule has 0 fully saturated rings.